The van der Waals surface area contributed by atoms with E-state index >= 15 is 0 Å². The van der Waals surface area contributed by atoms with Gasteiger partial charge in [0, 0.05) is 13.7 Å². The van der Waals surface area contributed by atoms with E-state index in [0.717, 1.165) is 19.3 Å². The van der Waals surface area contributed by atoms with Crippen molar-refractivity contribution < 1.29 is 14.6 Å². The summed E-state index contributed by atoms with van der Waals surface area (Å²) in [5.41, 5.74) is 0. The summed E-state index contributed by atoms with van der Waals surface area (Å²) in [6.07, 6.45) is 5.30. The number of hydrogen-bond donors (Lipinski definition) is 1. The first kappa shape index (κ1) is 13.3. The molecule has 3 nitrogen and oxygen atoms in total. The molecule has 17 heavy (non-hydrogen) atoms. The summed E-state index contributed by atoms with van der Waals surface area (Å²) in [5.74, 6) is 1.98. The molecule has 0 radical (unpaired) electrons. The smallest absolute Gasteiger partial charge is 0.0872 e. The Balaban J connectivity index is 2.00. The Hall–Kier alpha value is -0.120. The van der Waals surface area contributed by atoms with E-state index in [4.69, 9.17) is 14.6 Å². The second-order valence-corrected chi connectivity index (χ2v) is 5.81. The topological polar surface area (TPSA) is 38.7 Å². The molecule has 1 aliphatic carbocycles. The van der Waals surface area contributed by atoms with Gasteiger partial charge in [0.2, 0.25) is 0 Å². The molecule has 0 bridgehead atoms. The van der Waals surface area contributed by atoms with Crippen molar-refractivity contribution in [2.45, 2.75) is 57.8 Å². The van der Waals surface area contributed by atoms with Gasteiger partial charge in [-0.2, -0.15) is 0 Å². The van der Waals surface area contributed by atoms with Gasteiger partial charge in [-0.3, -0.25) is 0 Å². The zero-order valence-electron chi connectivity index (χ0n) is 11.3. The molecule has 3 heteroatoms. The third kappa shape index (κ3) is 2.67. The molecule has 1 aliphatic heterocycles. The van der Waals surface area contributed by atoms with Crippen LogP contribution in [-0.2, 0) is 9.47 Å². The van der Waals surface area contributed by atoms with E-state index in [1.807, 2.05) is 0 Å². The van der Waals surface area contributed by atoms with E-state index in [-0.39, 0.29) is 6.10 Å². The second-order valence-electron chi connectivity index (χ2n) is 5.81. The zero-order chi connectivity index (χ0) is 12.4. The largest absolute Gasteiger partial charge is 0.396 e. The molecule has 6 atom stereocenters. The van der Waals surface area contributed by atoms with Gasteiger partial charge in [-0.05, 0) is 50.4 Å². The highest BCUT2D eigenvalue weighted by Crippen LogP contribution is 2.45. The molecule has 4 unspecified atom stereocenters. The van der Waals surface area contributed by atoms with Crippen LogP contribution >= 0.6 is 0 Å². The first-order chi connectivity index (χ1) is 8.17. The van der Waals surface area contributed by atoms with Crippen LogP contribution in [0.15, 0.2) is 0 Å². The van der Waals surface area contributed by atoms with Crippen LogP contribution in [-0.4, -0.2) is 37.1 Å². The Bertz CT molecular complexity index is 244. The van der Waals surface area contributed by atoms with Crippen LogP contribution in [0, 0.1) is 17.8 Å². The normalized spacial score (nSPS) is 45.9. The van der Waals surface area contributed by atoms with Crippen molar-refractivity contribution in [2.75, 3.05) is 13.7 Å². The fourth-order valence-electron chi connectivity index (χ4n) is 3.62. The minimum Gasteiger partial charge on any atom is -0.396 e. The quantitative estimate of drug-likeness (QED) is 0.821. The monoisotopic (exact) mass is 242 g/mol. The van der Waals surface area contributed by atoms with Crippen LogP contribution in [0.3, 0.4) is 0 Å². The van der Waals surface area contributed by atoms with Crippen molar-refractivity contribution in [2.24, 2.45) is 17.8 Å². The van der Waals surface area contributed by atoms with Gasteiger partial charge < -0.3 is 14.6 Å². The first-order valence-corrected chi connectivity index (χ1v) is 6.96. The maximum Gasteiger partial charge on any atom is 0.0872 e. The predicted molar refractivity (Wildman–Crippen MR) is 66.8 cm³/mol. The average Bonchev–Trinajstić information content (AvgIpc) is 2.62. The van der Waals surface area contributed by atoms with Crippen molar-refractivity contribution in [1.82, 2.24) is 0 Å². The summed E-state index contributed by atoms with van der Waals surface area (Å²) < 4.78 is 11.7. The van der Waals surface area contributed by atoms with E-state index in [1.165, 1.54) is 6.42 Å². The molecule has 2 aliphatic rings. The molecular formula is C14H26O3. The van der Waals surface area contributed by atoms with Crippen LogP contribution < -0.4 is 0 Å². The first-order valence-electron chi connectivity index (χ1n) is 6.96. The summed E-state index contributed by atoms with van der Waals surface area (Å²) in [6.45, 7) is 4.79. The molecule has 100 valence electrons. The van der Waals surface area contributed by atoms with Crippen molar-refractivity contribution in [1.29, 1.82) is 0 Å². The van der Waals surface area contributed by atoms with E-state index in [2.05, 4.69) is 13.8 Å². The molecule has 1 saturated carbocycles. The fourth-order valence-corrected chi connectivity index (χ4v) is 3.62. The molecule has 0 spiro atoms. The summed E-state index contributed by atoms with van der Waals surface area (Å²) >= 11 is 0. The van der Waals surface area contributed by atoms with E-state index in [1.54, 1.807) is 7.11 Å². The number of methoxy groups -OCH3 is 1. The van der Waals surface area contributed by atoms with Gasteiger partial charge in [0.1, 0.15) is 0 Å². The van der Waals surface area contributed by atoms with Crippen LogP contribution in [0.1, 0.15) is 39.5 Å². The summed E-state index contributed by atoms with van der Waals surface area (Å²) in [6, 6.07) is 0. The number of ether oxygens (including phenoxy) is 2. The number of hydrogen-bond acceptors (Lipinski definition) is 3. The Morgan fingerprint density at radius 1 is 1.29 bits per heavy atom. The minimum absolute atomic E-state index is 0.254. The summed E-state index contributed by atoms with van der Waals surface area (Å²) in [7, 11) is 1.80. The Morgan fingerprint density at radius 3 is 2.71 bits per heavy atom. The van der Waals surface area contributed by atoms with Crippen molar-refractivity contribution in [3.63, 3.8) is 0 Å². The number of fused-ring (bicyclic) bond motifs is 1. The summed E-state index contributed by atoms with van der Waals surface area (Å²) in [5, 5.41) is 8.95. The summed E-state index contributed by atoms with van der Waals surface area (Å²) in [4.78, 5) is 0. The maximum atomic E-state index is 8.95. The van der Waals surface area contributed by atoms with Gasteiger partial charge in [-0.15, -0.1) is 0 Å². The molecule has 2 fully saturated rings. The van der Waals surface area contributed by atoms with Crippen molar-refractivity contribution >= 4 is 0 Å². The SMILES string of the molecule is COC1CC(CCCO)CC2C1O[C@@H](C)[C@H]2C. The van der Waals surface area contributed by atoms with Crippen LogP contribution in [0.5, 0.6) is 0 Å². The van der Waals surface area contributed by atoms with Crippen LogP contribution in [0.4, 0.5) is 0 Å². The third-order valence-electron chi connectivity index (χ3n) is 4.82. The zero-order valence-corrected chi connectivity index (χ0v) is 11.3. The molecule has 1 N–H and O–H groups in total. The Morgan fingerprint density at radius 2 is 2.06 bits per heavy atom. The van der Waals surface area contributed by atoms with E-state index in [0.29, 0.717) is 36.6 Å². The molecule has 0 aromatic carbocycles. The van der Waals surface area contributed by atoms with Gasteiger partial charge in [0.05, 0.1) is 18.3 Å². The van der Waals surface area contributed by atoms with Gasteiger partial charge in [-0.25, -0.2) is 0 Å². The maximum absolute atomic E-state index is 8.95. The van der Waals surface area contributed by atoms with E-state index < -0.39 is 0 Å². The van der Waals surface area contributed by atoms with E-state index in [9.17, 15) is 0 Å². The second kappa shape index (κ2) is 5.68. The Labute approximate surface area is 104 Å². The molecular weight excluding hydrogens is 216 g/mol. The highest BCUT2D eigenvalue weighted by Gasteiger charge is 2.47. The van der Waals surface area contributed by atoms with Gasteiger partial charge in [0.15, 0.2) is 0 Å². The lowest BCUT2D eigenvalue weighted by atomic mass is 9.72. The molecule has 0 amide bonds. The third-order valence-corrected chi connectivity index (χ3v) is 4.82. The molecule has 0 aromatic heterocycles. The number of aliphatic hydroxyl groups excluding tert-OH is 1. The van der Waals surface area contributed by atoms with Gasteiger partial charge >= 0.3 is 0 Å². The molecule has 0 aromatic rings. The standard InChI is InChI=1S/C14H26O3/c1-9-10(2)17-14-12(9)7-11(5-4-6-15)8-13(14)16-3/h9-15H,4-8H2,1-3H3/t9-,10+,11?,12?,13?,14?/m1/s1. The highest BCUT2D eigenvalue weighted by molar-refractivity contribution is 4.96. The van der Waals surface area contributed by atoms with Crippen molar-refractivity contribution in [3.05, 3.63) is 0 Å². The van der Waals surface area contributed by atoms with Crippen molar-refractivity contribution in [3.8, 4) is 0 Å². The lowest BCUT2D eigenvalue weighted by Crippen LogP contribution is -2.41. The van der Waals surface area contributed by atoms with Crippen LogP contribution in [0.2, 0.25) is 0 Å². The van der Waals surface area contributed by atoms with Gasteiger partial charge in [-0.1, -0.05) is 6.92 Å². The number of rotatable bonds is 4. The molecule has 2 rings (SSSR count). The minimum atomic E-state index is 0.254. The lowest BCUT2D eigenvalue weighted by molar-refractivity contribution is -0.0893. The predicted octanol–water partition coefficient (Wildman–Crippen LogP) is 2.22. The van der Waals surface area contributed by atoms with Crippen LogP contribution in [0.25, 0.3) is 0 Å². The number of aliphatic hydroxyl groups is 1. The Kier molecular flexibility index (Phi) is 4.45. The van der Waals surface area contributed by atoms with Gasteiger partial charge in [0.25, 0.3) is 0 Å². The molecule has 1 saturated heterocycles. The highest BCUT2D eigenvalue weighted by atomic mass is 16.5. The lowest BCUT2D eigenvalue weighted by Gasteiger charge is -2.37. The fraction of sp³-hybridized carbons (Fsp3) is 1.00. The average molecular weight is 242 g/mol. The molecule has 1 heterocycles.